The summed E-state index contributed by atoms with van der Waals surface area (Å²) in [5, 5.41) is 5.32. The molecule has 0 aliphatic rings. The van der Waals surface area contributed by atoms with Crippen LogP contribution in [0.4, 0.5) is 0 Å². The largest absolute Gasteiger partial charge is 0.347 e. The molecule has 0 aromatic heterocycles. The van der Waals surface area contributed by atoms with Crippen LogP contribution in [-0.4, -0.2) is 30.2 Å². The van der Waals surface area contributed by atoms with Crippen molar-refractivity contribution < 1.29 is 14.4 Å². The van der Waals surface area contributed by atoms with E-state index in [2.05, 4.69) is 17.6 Å². The minimum atomic E-state index is -0.576. The van der Waals surface area contributed by atoms with E-state index in [9.17, 15) is 14.4 Å². The number of ketones is 1. The van der Waals surface area contributed by atoms with Crippen LogP contribution in [0.3, 0.4) is 0 Å². The van der Waals surface area contributed by atoms with E-state index in [4.69, 9.17) is 0 Å². The van der Waals surface area contributed by atoms with Crippen LogP contribution in [0.2, 0.25) is 0 Å². The van der Waals surface area contributed by atoms with Gasteiger partial charge in [0.15, 0.2) is 0 Å². The second-order valence-electron chi connectivity index (χ2n) is 5.87. The zero-order chi connectivity index (χ0) is 16.3. The Balaban J connectivity index is 4.15. The van der Waals surface area contributed by atoms with Gasteiger partial charge in [0, 0.05) is 6.42 Å². The molecule has 0 aliphatic carbocycles. The summed E-state index contributed by atoms with van der Waals surface area (Å²) < 4.78 is 0. The zero-order valence-corrected chi connectivity index (χ0v) is 13.8. The van der Waals surface area contributed by atoms with Gasteiger partial charge in [0.05, 0.1) is 6.54 Å². The Morgan fingerprint density at radius 3 is 2.14 bits per heavy atom. The summed E-state index contributed by atoms with van der Waals surface area (Å²) in [6.07, 6.45) is 5.88. The maximum absolute atomic E-state index is 12.0. The van der Waals surface area contributed by atoms with Crippen molar-refractivity contribution in [1.82, 2.24) is 10.6 Å². The highest BCUT2D eigenvalue weighted by atomic mass is 16.2. The third-order valence-electron chi connectivity index (χ3n) is 3.28. The molecule has 0 aliphatic heterocycles. The van der Waals surface area contributed by atoms with Crippen molar-refractivity contribution in [1.29, 1.82) is 0 Å². The number of Topliss-reactive ketones (excluding diaryl/α,β-unsaturated/α-hetero) is 1. The Bertz CT molecular complexity index is 340. The van der Waals surface area contributed by atoms with Gasteiger partial charge in [-0.05, 0) is 19.3 Å². The first kappa shape index (κ1) is 19.6. The minimum Gasteiger partial charge on any atom is -0.347 e. The summed E-state index contributed by atoms with van der Waals surface area (Å²) in [5.74, 6) is -0.503. The van der Waals surface area contributed by atoms with Crippen molar-refractivity contribution in [2.24, 2.45) is 5.92 Å². The fourth-order valence-electron chi connectivity index (χ4n) is 1.99. The molecule has 0 saturated heterocycles. The van der Waals surface area contributed by atoms with E-state index >= 15 is 0 Å². The van der Waals surface area contributed by atoms with Gasteiger partial charge in [-0.3, -0.25) is 14.4 Å². The lowest BCUT2D eigenvalue weighted by Gasteiger charge is -2.21. The molecule has 0 heterocycles. The quantitative estimate of drug-likeness (QED) is 0.574. The monoisotopic (exact) mass is 298 g/mol. The van der Waals surface area contributed by atoms with Crippen molar-refractivity contribution in [3.8, 4) is 0 Å². The average Bonchev–Trinajstić information content (AvgIpc) is 2.41. The van der Waals surface area contributed by atoms with E-state index in [1.807, 2.05) is 13.8 Å². The Morgan fingerprint density at radius 2 is 1.62 bits per heavy atom. The SMILES string of the molecule is CCCCCCCC(=O)NC(C(=O)NCC(C)=O)C(C)C. The number of carbonyl (C=O) groups is 3. The van der Waals surface area contributed by atoms with Crippen LogP contribution >= 0.6 is 0 Å². The van der Waals surface area contributed by atoms with Gasteiger partial charge in [-0.2, -0.15) is 0 Å². The highest BCUT2D eigenvalue weighted by Gasteiger charge is 2.23. The molecule has 0 rings (SSSR count). The van der Waals surface area contributed by atoms with Gasteiger partial charge < -0.3 is 10.6 Å². The standard InChI is InChI=1S/C16H30N2O3/c1-5-6-7-8-9-10-14(20)18-15(12(2)3)16(21)17-11-13(4)19/h12,15H,5-11H2,1-4H3,(H,17,21)(H,18,20). The molecule has 1 unspecified atom stereocenters. The van der Waals surface area contributed by atoms with Gasteiger partial charge >= 0.3 is 0 Å². The van der Waals surface area contributed by atoms with Crippen LogP contribution < -0.4 is 10.6 Å². The number of carbonyl (C=O) groups excluding carboxylic acids is 3. The first-order valence-electron chi connectivity index (χ1n) is 7.95. The zero-order valence-electron chi connectivity index (χ0n) is 13.8. The summed E-state index contributed by atoms with van der Waals surface area (Å²) in [5.41, 5.74) is 0. The molecule has 2 amide bonds. The highest BCUT2D eigenvalue weighted by molar-refractivity contribution is 5.90. The lowest BCUT2D eigenvalue weighted by atomic mass is 10.0. The van der Waals surface area contributed by atoms with Crippen LogP contribution in [0.15, 0.2) is 0 Å². The molecular formula is C16H30N2O3. The van der Waals surface area contributed by atoms with Crippen LogP contribution in [0, 0.1) is 5.92 Å². The van der Waals surface area contributed by atoms with E-state index in [0.717, 1.165) is 19.3 Å². The fraction of sp³-hybridized carbons (Fsp3) is 0.812. The lowest BCUT2D eigenvalue weighted by molar-refractivity contribution is -0.131. The molecule has 0 aromatic carbocycles. The number of rotatable bonds is 11. The first-order valence-corrected chi connectivity index (χ1v) is 7.95. The Labute approximate surface area is 128 Å². The fourth-order valence-corrected chi connectivity index (χ4v) is 1.99. The summed E-state index contributed by atoms with van der Waals surface area (Å²) >= 11 is 0. The predicted octanol–water partition coefficient (Wildman–Crippen LogP) is 2.19. The van der Waals surface area contributed by atoms with E-state index in [-0.39, 0.29) is 30.1 Å². The van der Waals surface area contributed by atoms with Gasteiger partial charge in [-0.15, -0.1) is 0 Å². The summed E-state index contributed by atoms with van der Waals surface area (Å²) in [6, 6.07) is -0.576. The van der Waals surface area contributed by atoms with Gasteiger partial charge in [-0.25, -0.2) is 0 Å². The Hall–Kier alpha value is -1.39. The van der Waals surface area contributed by atoms with Crippen molar-refractivity contribution in [2.45, 2.75) is 72.3 Å². The molecule has 0 bridgehead atoms. The number of unbranched alkanes of at least 4 members (excludes halogenated alkanes) is 4. The van der Waals surface area contributed by atoms with Gasteiger partial charge in [0.2, 0.25) is 11.8 Å². The molecule has 122 valence electrons. The number of hydrogen-bond acceptors (Lipinski definition) is 3. The van der Waals surface area contributed by atoms with Gasteiger partial charge in [0.1, 0.15) is 11.8 Å². The summed E-state index contributed by atoms with van der Waals surface area (Å²) in [4.78, 5) is 34.7. The van der Waals surface area contributed by atoms with E-state index in [1.165, 1.54) is 19.8 Å². The number of amides is 2. The van der Waals surface area contributed by atoms with Crippen molar-refractivity contribution in [2.75, 3.05) is 6.54 Å². The van der Waals surface area contributed by atoms with Crippen LogP contribution in [0.1, 0.15) is 66.2 Å². The minimum absolute atomic E-state index is 0.00887. The van der Waals surface area contributed by atoms with Gasteiger partial charge in [0.25, 0.3) is 0 Å². The molecule has 0 radical (unpaired) electrons. The molecule has 2 N–H and O–H groups in total. The second kappa shape index (κ2) is 11.3. The average molecular weight is 298 g/mol. The van der Waals surface area contributed by atoms with Crippen molar-refractivity contribution in [3.63, 3.8) is 0 Å². The van der Waals surface area contributed by atoms with Crippen LogP contribution in [0.25, 0.3) is 0 Å². The molecule has 0 spiro atoms. The molecule has 21 heavy (non-hydrogen) atoms. The Kier molecular flexibility index (Phi) is 10.5. The molecular weight excluding hydrogens is 268 g/mol. The summed E-state index contributed by atoms with van der Waals surface area (Å²) in [7, 11) is 0. The first-order chi connectivity index (χ1) is 9.88. The van der Waals surface area contributed by atoms with E-state index in [0.29, 0.717) is 6.42 Å². The lowest BCUT2D eigenvalue weighted by Crippen LogP contribution is -2.50. The maximum Gasteiger partial charge on any atom is 0.243 e. The molecule has 5 heteroatoms. The number of hydrogen-bond donors (Lipinski definition) is 2. The van der Waals surface area contributed by atoms with Crippen molar-refractivity contribution in [3.05, 3.63) is 0 Å². The summed E-state index contributed by atoms with van der Waals surface area (Å²) in [6.45, 7) is 7.33. The molecule has 5 nitrogen and oxygen atoms in total. The third-order valence-corrected chi connectivity index (χ3v) is 3.28. The smallest absolute Gasteiger partial charge is 0.243 e. The van der Waals surface area contributed by atoms with Gasteiger partial charge in [-0.1, -0.05) is 46.5 Å². The van der Waals surface area contributed by atoms with E-state index < -0.39 is 6.04 Å². The molecule has 1 atom stereocenters. The third kappa shape index (κ3) is 10.0. The van der Waals surface area contributed by atoms with Crippen molar-refractivity contribution >= 4 is 17.6 Å². The second-order valence-corrected chi connectivity index (χ2v) is 5.87. The van der Waals surface area contributed by atoms with E-state index in [1.54, 1.807) is 0 Å². The van der Waals surface area contributed by atoms with Crippen LogP contribution in [-0.2, 0) is 14.4 Å². The Morgan fingerprint density at radius 1 is 1.00 bits per heavy atom. The normalized spacial score (nSPS) is 12.0. The molecule has 0 fully saturated rings. The highest BCUT2D eigenvalue weighted by Crippen LogP contribution is 2.07. The predicted molar refractivity (Wildman–Crippen MR) is 83.8 cm³/mol. The van der Waals surface area contributed by atoms with Crippen LogP contribution in [0.5, 0.6) is 0 Å². The maximum atomic E-state index is 12.0. The molecule has 0 saturated carbocycles. The molecule has 0 aromatic rings. The topological polar surface area (TPSA) is 75.3 Å². The number of nitrogens with one attached hydrogen (secondary N) is 2.